The number of ether oxygens (including phenoxy) is 2. The molecular weight excluding hydrogens is 869 g/mol. The van der Waals surface area contributed by atoms with E-state index in [-0.39, 0.29) is 47.7 Å². The van der Waals surface area contributed by atoms with Gasteiger partial charge >= 0.3 is 0 Å². The average Bonchev–Trinajstić information content (AvgIpc) is 3.51. The van der Waals surface area contributed by atoms with E-state index in [9.17, 15) is 29.2 Å². The molecule has 66 heavy (non-hydrogen) atoms. The summed E-state index contributed by atoms with van der Waals surface area (Å²) in [7, 11) is 3.93. The predicted molar refractivity (Wildman–Crippen MR) is 244 cm³/mol. The number of nitriles is 1. The topological polar surface area (TPSA) is 181 Å². The van der Waals surface area contributed by atoms with Crippen LogP contribution in [0.1, 0.15) is 90.0 Å². The number of piperidine rings is 2. The van der Waals surface area contributed by atoms with Gasteiger partial charge in [-0.3, -0.25) is 39.1 Å². The standard InChI is InChI=1S/C48H57ClFN9O7/c1-47(2)45(48(3,4)46(47)66-30-8-7-29(25-51)34(49)21-30)54-41(61)33-26-52-39(24-38(33)65-20-19-55(5)6)58-13-11-28(12-14-58)27-56-15-17-57(18-16-56)37-23-32-31(22-35(37)50)43(63)59(44(32)64)36-9-10-40(60)53-42(36)62/h7-8,21-24,26,28,36,45-46H,9-20,27H2,1-6H3,(H,54,61)(H,53,60,62)/t36?,45-,46-. The molecule has 0 bridgehead atoms. The number of hydrogen-bond acceptors (Lipinski definition) is 13. The lowest BCUT2D eigenvalue weighted by atomic mass is 9.49. The summed E-state index contributed by atoms with van der Waals surface area (Å²) < 4.78 is 28.3. The number of halogens is 2. The van der Waals surface area contributed by atoms with Gasteiger partial charge in [-0.2, -0.15) is 5.26 Å². The maximum absolute atomic E-state index is 15.6. The smallest absolute Gasteiger partial charge is 0.262 e. The molecule has 5 amide bonds. The van der Waals surface area contributed by atoms with Crippen molar-refractivity contribution in [3.63, 3.8) is 0 Å². The second-order valence-corrected chi connectivity index (χ2v) is 19.9. The zero-order valence-corrected chi connectivity index (χ0v) is 39.0. The summed E-state index contributed by atoms with van der Waals surface area (Å²) in [5, 5.41) is 15.1. The quantitative estimate of drug-likeness (QED) is 0.225. The van der Waals surface area contributed by atoms with E-state index >= 15 is 4.39 Å². The molecule has 1 saturated carbocycles. The van der Waals surface area contributed by atoms with E-state index in [0.717, 1.165) is 49.3 Å². The van der Waals surface area contributed by atoms with Crippen molar-refractivity contribution in [1.82, 2.24) is 30.3 Å². The summed E-state index contributed by atoms with van der Waals surface area (Å²) >= 11 is 6.30. The van der Waals surface area contributed by atoms with Crippen LogP contribution in [0.5, 0.6) is 11.5 Å². The lowest BCUT2D eigenvalue weighted by Gasteiger charge is -2.63. The van der Waals surface area contributed by atoms with Crippen molar-refractivity contribution in [1.29, 1.82) is 5.26 Å². The third kappa shape index (κ3) is 9.02. The molecule has 4 fully saturated rings. The Kier molecular flexibility index (Phi) is 13.1. The van der Waals surface area contributed by atoms with Gasteiger partial charge in [-0.1, -0.05) is 39.3 Å². The summed E-state index contributed by atoms with van der Waals surface area (Å²) in [5.74, 6) is -1.24. The van der Waals surface area contributed by atoms with Crippen molar-refractivity contribution < 1.29 is 37.8 Å². The number of anilines is 2. The van der Waals surface area contributed by atoms with Crippen molar-refractivity contribution >= 4 is 52.6 Å². The summed E-state index contributed by atoms with van der Waals surface area (Å²) in [6.07, 6.45) is 3.26. The molecule has 350 valence electrons. The monoisotopic (exact) mass is 925 g/mol. The van der Waals surface area contributed by atoms with Crippen LogP contribution in [0.4, 0.5) is 15.9 Å². The minimum absolute atomic E-state index is 0.00618. The molecule has 1 aromatic heterocycles. The number of likely N-dealkylation sites (N-methyl/N-ethyl adjacent to an activating group) is 1. The van der Waals surface area contributed by atoms with Gasteiger partial charge < -0.3 is 29.5 Å². The molecule has 8 rings (SSSR count). The zero-order valence-electron chi connectivity index (χ0n) is 38.3. The highest BCUT2D eigenvalue weighted by Crippen LogP contribution is 2.56. The van der Waals surface area contributed by atoms with Crippen LogP contribution in [0.2, 0.25) is 5.02 Å². The number of benzene rings is 2. The van der Waals surface area contributed by atoms with Crippen LogP contribution >= 0.6 is 11.6 Å². The van der Waals surface area contributed by atoms with Crippen LogP contribution in [0, 0.1) is 33.9 Å². The predicted octanol–water partition coefficient (Wildman–Crippen LogP) is 4.74. The van der Waals surface area contributed by atoms with Crippen LogP contribution in [0.15, 0.2) is 42.6 Å². The minimum Gasteiger partial charge on any atom is -0.491 e. The number of imide groups is 2. The number of carbonyl (C=O) groups excluding carboxylic acids is 5. The highest BCUT2D eigenvalue weighted by molar-refractivity contribution is 6.31. The summed E-state index contributed by atoms with van der Waals surface area (Å²) in [6, 6.07) is 10.1. The Bertz CT molecular complexity index is 2460. The Balaban J connectivity index is 0.859. The van der Waals surface area contributed by atoms with Crippen LogP contribution in [-0.2, 0) is 9.59 Å². The van der Waals surface area contributed by atoms with Gasteiger partial charge in [0, 0.05) is 94.0 Å². The molecule has 1 atom stereocenters. The summed E-state index contributed by atoms with van der Waals surface area (Å²) in [6.45, 7) is 14.2. The summed E-state index contributed by atoms with van der Waals surface area (Å²) in [5.41, 5.74) is 0.0557. The second-order valence-electron chi connectivity index (χ2n) is 19.5. The molecule has 3 aromatic rings. The second kappa shape index (κ2) is 18.5. The lowest BCUT2D eigenvalue weighted by molar-refractivity contribution is -0.164. The van der Waals surface area contributed by atoms with Crippen molar-refractivity contribution in [2.75, 3.05) is 82.9 Å². The molecule has 0 radical (unpaired) electrons. The number of carbonyl (C=O) groups is 5. The first-order valence-corrected chi connectivity index (χ1v) is 23.0. The van der Waals surface area contributed by atoms with Gasteiger partial charge in [0.05, 0.1) is 33.0 Å². The Morgan fingerprint density at radius 1 is 0.955 bits per heavy atom. The molecule has 5 heterocycles. The van der Waals surface area contributed by atoms with E-state index in [0.29, 0.717) is 72.9 Å². The van der Waals surface area contributed by atoms with Crippen molar-refractivity contribution in [3.8, 4) is 17.6 Å². The van der Waals surface area contributed by atoms with E-state index in [2.05, 4.69) is 54.2 Å². The first kappa shape index (κ1) is 46.7. The maximum Gasteiger partial charge on any atom is 0.262 e. The fraction of sp³-hybridized carbons (Fsp3) is 0.521. The highest BCUT2D eigenvalue weighted by atomic mass is 35.5. The molecule has 5 aliphatic rings. The molecule has 1 aliphatic carbocycles. The molecule has 1 unspecified atom stereocenters. The van der Waals surface area contributed by atoms with Crippen LogP contribution in [0.25, 0.3) is 0 Å². The largest absolute Gasteiger partial charge is 0.491 e. The molecule has 18 heteroatoms. The lowest BCUT2D eigenvalue weighted by Crippen LogP contribution is -2.74. The first-order chi connectivity index (χ1) is 31.4. The number of amides is 5. The number of nitrogens with one attached hydrogen (secondary N) is 2. The van der Waals surface area contributed by atoms with Crippen molar-refractivity contribution in [2.45, 2.75) is 71.6 Å². The number of piperazine rings is 1. The molecular formula is C48H57ClFN9O7. The van der Waals surface area contributed by atoms with Crippen LogP contribution in [-0.4, -0.2) is 140 Å². The Hall–Kier alpha value is -5.83. The van der Waals surface area contributed by atoms with E-state index in [1.165, 1.54) is 6.07 Å². The van der Waals surface area contributed by atoms with Gasteiger partial charge in [0.15, 0.2) is 0 Å². The van der Waals surface area contributed by atoms with Gasteiger partial charge in [0.25, 0.3) is 17.7 Å². The number of hydrogen-bond donors (Lipinski definition) is 2. The van der Waals surface area contributed by atoms with Gasteiger partial charge in [-0.25, -0.2) is 9.37 Å². The van der Waals surface area contributed by atoms with Gasteiger partial charge in [0.1, 0.15) is 48.0 Å². The van der Waals surface area contributed by atoms with E-state index in [1.807, 2.05) is 30.0 Å². The Labute approximate surface area is 389 Å². The fourth-order valence-electron chi connectivity index (χ4n) is 10.6. The summed E-state index contributed by atoms with van der Waals surface area (Å²) in [4.78, 5) is 79.0. The molecule has 4 aliphatic heterocycles. The van der Waals surface area contributed by atoms with Crippen molar-refractivity contribution in [3.05, 3.63) is 75.7 Å². The Morgan fingerprint density at radius 2 is 1.64 bits per heavy atom. The average molecular weight is 926 g/mol. The van der Waals surface area contributed by atoms with Gasteiger partial charge in [-0.15, -0.1) is 0 Å². The fourth-order valence-corrected chi connectivity index (χ4v) is 10.8. The van der Waals surface area contributed by atoms with Crippen molar-refractivity contribution in [2.24, 2.45) is 16.7 Å². The normalized spacial score (nSPS) is 23.0. The molecule has 2 aromatic carbocycles. The molecule has 0 spiro atoms. The van der Waals surface area contributed by atoms with Crippen LogP contribution in [0.3, 0.4) is 0 Å². The minimum atomic E-state index is -1.11. The SMILES string of the molecule is CN(C)CCOc1cc(N2CCC(CN3CCN(c4cc5c(cc4F)C(=O)N(C4CCC(=O)NC4=O)C5=O)CC3)CC2)ncc1C(=O)N[C@H]1C(C)(C)[C@H](Oc2ccc(C#N)c(Cl)c2)C1(C)C. The van der Waals surface area contributed by atoms with Gasteiger partial charge in [-0.05, 0) is 63.5 Å². The third-order valence-corrected chi connectivity index (χ3v) is 14.3. The first-order valence-electron chi connectivity index (χ1n) is 22.6. The van der Waals surface area contributed by atoms with Gasteiger partial charge in [0.2, 0.25) is 11.8 Å². The maximum atomic E-state index is 15.6. The van der Waals surface area contributed by atoms with E-state index in [1.54, 1.807) is 24.4 Å². The highest BCUT2D eigenvalue weighted by Gasteiger charge is 2.64. The molecule has 16 nitrogen and oxygen atoms in total. The third-order valence-electron chi connectivity index (χ3n) is 14.0. The number of fused-ring (bicyclic) bond motifs is 1. The van der Waals surface area contributed by atoms with Crippen LogP contribution < -0.4 is 29.9 Å². The molecule has 3 saturated heterocycles. The number of aromatic nitrogens is 1. The molecule has 2 N–H and O–H groups in total. The number of pyridine rings is 1. The van der Waals surface area contributed by atoms with E-state index < -0.39 is 46.3 Å². The van der Waals surface area contributed by atoms with E-state index in [4.69, 9.17) is 26.1 Å². The zero-order chi connectivity index (χ0) is 47.2. The number of nitrogens with zero attached hydrogens (tertiary/aromatic N) is 7. The Morgan fingerprint density at radius 3 is 2.27 bits per heavy atom. The number of rotatable bonds is 13.